The maximum absolute atomic E-state index is 11.9. The number of likely N-dealkylation sites (N-methyl/N-ethyl adjacent to an activating group) is 1. The van der Waals surface area contributed by atoms with Crippen molar-refractivity contribution in [2.75, 3.05) is 39.8 Å². The fourth-order valence-corrected chi connectivity index (χ4v) is 3.14. The van der Waals surface area contributed by atoms with Crippen LogP contribution < -0.4 is 5.32 Å². The van der Waals surface area contributed by atoms with E-state index < -0.39 is 0 Å². The van der Waals surface area contributed by atoms with Crippen LogP contribution in [0.4, 0.5) is 0 Å². The van der Waals surface area contributed by atoms with Gasteiger partial charge in [0.15, 0.2) is 0 Å². The quantitative estimate of drug-likeness (QED) is 0.765. The Morgan fingerprint density at radius 2 is 2.26 bits per heavy atom. The van der Waals surface area contributed by atoms with E-state index in [1.165, 1.54) is 32.2 Å². The molecule has 0 aromatic heterocycles. The summed E-state index contributed by atoms with van der Waals surface area (Å²) < 4.78 is 5.86. The van der Waals surface area contributed by atoms with E-state index in [9.17, 15) is 4.79 Å². The zero-order valence-corrected chi connectivity index (χ0v) is 11.8. The van der Waals surface area contributed by atoms with Gasteiger partial charge in [0, 0.05) is 32.2 Å². The van der Waals surface area contributed by atoms with Crippen molar-refractivity contribution in [2.45, 2.75) is 43.9 Å². The van der Waals surface area contributed by atoms with Crippen LogP contribution in [0.2, 0.25) is 0 Å². The highest BCUT2D eigenvalue weighted by atomic mass is 16.5. The summed E-state index contributed by atoms with van der Waals surface area (Å²) in [4.78, 5) is 16.3. The topological polar surface area (TPSA) is 44.8 Å². The Morgan fingerprint density at radius 3 is 3.05 bits per heavy atom. The fraction of sp³-hybridized carbons (Fsp3) is 0.929. The highest BCUT2D eigenvalue weighted by molar-refractivity contribution is 5.78. The Hall–Kier alpha value is -0.650. The second-order valence-electron chi connectivity index (χ2n) is 6.11. The summed E-state index contributed by atoms with van der Waals surface area (Å²) in [6.07, 6.45) is 5.17. The number of morpholine rings is 1. The Morgan fingerprint density at radius 1 is 1.42 bits per heavy atom. The molecular weight excluding hydrogens is 242 g/mol. The van der Waals surface area contributed by atoms with Gasteiger partial charge in [0.2, 0.25) is 5.91 Å². The predicted octanol–water partition coefficient (Wildman–Crippen LogP) is 0.0600. The van der Waals surface area contributed by atoms with Gasteiger partial charge in [-0.3, -0.25) is 9.69 Å². The molecule has 0 radical (unpaired) electrons. The summed E-state index contributed by atoms with van der Waals surface area (Å²) >= 11 is 0. The van der Waals surface area contributed by atoms with Gasteiger partial charge >= 0.3 is 0 Å². The van der Waals surface area contributed by atoms with Crippen LogP contribution in [0.5, 0.6) is 0 Å². The second-order valence-corrected chi connectivity index (χ2v) is 6.11. The molecule has 2 unspecified atom stereocenters. The Kier molecular flexibility index (Phi) is 4.05. The van der Waals surface area contributed by atoms with Crippen LogP contribution in [0.15, 0.2) is 0 Å². The largest absolute Gasteiger partial charge is 0.374 e. The third-order valence-corrected chi connectivity index (χ3v) is 4.60. The van der Waals surface area contributed by atoms with Crippen LogP contribution in [0.25, 0.3) is 0 Å². The van der Waals surface area contributed by atoms with Gasteiger partial charge in [0.1, 0.15) is 0 Å². The van der Waals surface area contributed by atoms with Gasteiger partial charge in [-0.1, -0.05) is 0 Å². The summed E-state index contributed by atoms with van der Waals surface area (Å²) in [5.41, 5.74) is 0. The van der Waals surface area contributed by atoms with E-state index in [4.69, 9.17) is 4.74 Å². The first-order valence-corrected chi connectivity index (χ1v) is 7.56. The molecule has 2 saturated heterocycles. The molecule has 0 aromatic rings. The number of carbonyl (C=O) groups excluding carboxylic acids is 1. The van der Waals surface area contributed by atoms with Crippen LogP contribution in [0, 0.1) is 0 Å². The molecule has 0 aromatic carbocycles. The molecule has 1 N–H and O–H groups in total. The van der Waals surface area contributed by atoms with Crippen molar-refractivity contribution >= 4 is 5.91 Å². The van der Waals surface area contributed by atoms with E-state index in [-0.39, 0.29) is 12.0 Å². The van der Waals surface area contributed by atoms with E-state index >= 15 is 0 Å². The lowest BCUT2D eigenvalue weighted by Gasteiger charge is -2.35. The van der Waals surface area contributed by atoms with E-state index in [2.05, 4.69) is 10.2 Å². The highest BCUT2D eigenvalue weighted by Crippen LogP contribution is 2.25. The number of nitrogens with zero attached hydrogens (tertiary/aromatic N) is 2. The number of carbonyl (C=O) groups is 1. The van der Waals surface area contributed by atoms with Crippen LogP contribution >= 0.6 is 0 Å². The number of rotatable bonds is 5. The van der Waals surface area contributed by atoms with Crippen molar-refractivity contribution in [3.8, 4) is 0 Å². The molecular formula is C14H25N3O2. The van der Waals surface area contributed by atoms with Gasteiger partial charge in [0.05, 0.1) is 19.3 Å². The minimum absolute atomic E-state index is 0.206. The molecule has 2 heterocycles. The first-order valence-electron chi connectivity index (χ1n) is 7.56. The van der Waals surface area contributed by atoms with Crippen molar-refractivity contribution in [3.05, 3.63) is 0 Å². The van der Waals surface area contributed by atoms with Gasteiger partial charge in [-0.05, 0) is 32.2 Å². The Bertz CT molecular complexity index is 333. The summed E-state index contributed by atoms with van der Waals surface area (Å²) in [6, 6.07) is 1.16. The van der Waals surface area contributed by atoms with Crippen molar-refractivity contribution in [1.29, 1.82) is 0 Å². The van der Waals surface area contributed by atoms with E-state index in [1.807, 2.05) is 11.9 Å². The second kappa shape index (κ2) is 5.77. The maximum atomic E-state index is 11.9. The number of amides is 1. The summed E-state index contributed by atoms with van der Waals surface area (Å²) in [6.45, 7) is 4.32. The standard InChI is InChI=1S/C14H25N3O2/c1-16(11-4-5-11)14(18)8-15-7-13-9-17-6-2-3-12(17)10-19-13/h11-13,15H,2-10H2,1H3. The zero-order valence-electron chi connectivity index (χ0n) is 11.8. The normalized spacial score (nSPS) is 31.2. The van der Waals surface area contributed by atoms with Crippen molar-refractivity contribution < 1.29 is 9.53 Å². The number of hydrogen-bond donors (Lipinski definition) is 1. The van der Waals surface area contributed by atoms with Crippen molar-refractivity contribution in [3.63, 3.8) is 0 Å². The minimum Gasteiger partial charge on any atom is -0.374 e. The molecule has 1 saturated carbocycles. The minimum atomic E-state index is 0.206. The molecule has 3 fully saturated rings. The average molecular weight is 267 g/mol. The molecule has 5 heteroatoms. The van der Waals surface area contributed by atoms with Gasteiger partial charge in [-0.15, -0.1) is 0 Å². The van der Waals surface area contributed by atoms with Crippen LogP contribution in [-0.4, -0.2) is 73.7 Å². The van der Waals surface area contributed by atoms with E-state index in [1.54, 1.807) is 0 Å². The zero-order chi connectivity index (χ0) is 13.2. The fourth-order valence-electron chi connectivity index (χ4n) is 3.14. The monoisotopic (exact) mass is 267 g/mol. The molecule has 2 aliphatic heterocycles. The van der Waals surface area contributed by atoms with Gasteiger partial charge < -0.3 is 15.0 Å². The number of fused-ring (bicyclic) bond motifs is 1. The number of ether oxygens (including phenoxy) is 1. The highest BCUT2D eigenvalue weighted by Gasteiger charge is 2.32. The molecule has 2 atom stereocenters. The smallest absolute Gasteiger partial charge is 0.236 e. The lowest BCUT2D eigenvalue weighted by molar-refractivity contribution is -0.129. The third-order valence-electron chi connectivity index (χ3n) is 4.60. The van der Waals surface area contributed by atoms with Gasteiger partial charge in [0.25, 0.3) is 0 Å². The first kappa shape index (κ1) is 13.3. The van der Waals surface area contributed by atoms with E-state index in [0.29, 0.717) is 18.6 Å². The van der Waals surface area contributed by atoms with Gasteiger partial charge in [-0.2, -0.15) is 0 Å². The summed E-state index contributed by atoms with van der Waals surface area (Å²) in [5, 5.41) is 3.26. The molecule has 5 nitrogen and oxygen atoms in total. The number of nitrogens with one attached hydrogen (secondary N) is 1. The Balaban J connectivity index is 1.34. The maximum Gasteiger partial charge on any atom is 0.236 e. The van der Waals surface area contributed by atoms with Crippen LogP contribution in [0.1, 0.15) is 25.7 Å². The first-order chi connectivity index (χ1) is 9.24. The molecule has 0 spiro atoms. The lowest BCUT2D eigenvalue weighted by Crippen LogP contribution is -2.50. The predicted molar refractivity (Wildman–Crippen MR) is 73.0 cm³/mol. The van der Waals surface area contributed by atoms with Crippen molar-refractivity contribution in [2.24, 2.45) is 0 Å². The molecule has 1 amide bonds. The molecule has 3 rings (SSSR count). The SMILES string of the molecule is CN(C(=O)CNCC1CN2CCCC2CO1)C1CC1. The molecule has 108 valence electrons. The summed E-state index contributed by atoms with van der Waals surface area (Å²) in [5.74, 6) is 0.206. The molecule has 3 aliphatic rings. The lowest BCUT2D eigenvalue weighted by atomic mass is 10.2. The van der Waals surface area contributed by atoms with Crippen LogP contribution in [0.3, 0.4) is 0 Å². The summed E-state index contributed by atoms with van der Waals surface area (Å²) in [7, 11) is 1.91. The van der Waals surface area contributed by atoms with Crippen molar-refractivity contribution in [1.82, 2.24) is 15.1 Å². The molecule has 19 heavy (non-hydrogen) atoms. The third kappa shape index (κ3) is 3.27. The Labute approximate surface area is 115 Å². The van der Waals surface area contributed by atoms with Gasteiger partial charge in [-0.25, -0.2) is 0 Å². The van der Waals surface area contributed by atoms with Crippen LogP contribution in [-0.2, 0) is 9.53 Å². The average Bonchev–Trinajstić information content (AvgIpc) is 3.16. The molecule has 0 bridgehead atoms. The number of hydrogen-bond acceptors (Lipinski definition) is 4. The van der Waals surface area contributed by atoms with E-state index in [0.717, 1.165) is 19.7 Å². The molecule has 1 aliphatic carbocycles.